The maximum absolute atomic E-state index is 4.61. The lowest BCUT2D eigenvalue weighted by atomic mass is 9.97. The van der Waals surface area contributed by atoms with Crippen LogP contribution in [0.15, 0.2) is 73.1 Å². The number of nitrogens with zero attached hydrogens (tertiary/aromatic N) is 2. The zero-order valence-corrected chi connectivity index (χ0v) is 15.0. The molecule has 0 aliphatic carbocycles. The molecule has 4 nitrogen and oxygen atoms in total. The predicted octanol–water partition coefficient (Wildman–Crippen LogP) is 5.99. The van der Waals surface area contributed by atoms with Gasteiger partial charge in [-0.2, -0.15) is 8.75 Å². The molecule has 3 aromatic carbocycles. The van der Waals surface area contributed by atoms with Gasteiger partial charge in [-0.25, -0.2) is 0 Å². The second-order valence-electron chi connectivity index (χ2n) is 6.68. The monoisotopic (exact) mass is 366 g/mol. The Balaban J connectivity index is 1.57. The fourth-order valence-corrected chi connectivity index (χ4v) is 4.34. The summed E-state index contributed by atoms with van der Waals surface area (Å²) >= 11 is 1.27. The molecule has 0 fully saturated rings. The van der Waals surface area contributed by atoms with Gasteiger partial charge < -0.3 is 9.97 Å². The quantitative estimate of drug-likeness (QED) is 0.395. The minimum Gasteiger partial charge on any atom is -0.361 e. The third-order valence-electron chi connectivity index (χ3n) is 5.15. The predicted molar refractivity (Wildman–Crippen MR) is 112 cm³/mol. The zero-order valence-electron chi connectivity index (χ0n) is 14.2. The summed E-state index contributed by atoms with van der Waals surface area (Å²) in [5.74, 6) is 0. The maximum Gasteiger partial charge on any atom is 0.113 e. The molecule has 0 bridgehead atoms. The molecule has 128 valence electrons. The zero-order chi connectivity index (χ0) is 17.8. The van der Waals surface area contributed by atoms with Crippen LogP contribution in [0.5, 0.6) is 0 Å². The molecule has 0 aliphatic rings. The number of aromatic nitrogens is 4. The van der Waals surface area contributed by atoms with Crippen LogP contribution in [0.4, 0.5) is 0 Å². The summed E-state index contributed by atoms with van der Waals surface area (Å²) in [5, 5.41) is 2.42. The van der Waals surface area contributed by atoms with Crippen molar-refractivity contribution in [2.75, 3.05) is 0 Å². The number of nitrogens with one attached hydrogen (secondary N) is 2. The Morgan fingerprint density at radius 3 is 1.63 bits per heavy atom. The van der Waals surface area contributed by atoms with E-state index in [1.54, 1.807) is 0 Å². The van der Waals surface area contributed by atoms with Gasteiger partial charge in [-0.05, 0) is 46.2 Å². The number of rotatable bonds is 2. The van der Waals surface area contributed by atoms with Crippen molar-refractivity contribution < 1.29 is 0 Å². The lowest BCUT2D eigenvalue weighted by molar-refractivity contribution is 1.47. The minimum atomic E-state index is 0.954. The van der Waals surface area contributed by atoms with Crippen molar-refractivity contribution in [2.24, 2.45) is 0 Å². The molecule has 0 spiro atoms. The van der Waals surface area contributed by atoms with Crippen LogP contribution < -0.4 is 0 Å². The van der Waals surface area contributed by atoms with E-state index in [-0.39, 0.29) is 0 Å². The number of hydrogen-bond donors (Lipinski definition) is 2. The molecule has 5 heteroatoms. The molecule has 3 aromatic heterocycles. The Morgan fingerprint density at radius 1 is 0.593 bits per heavy atom. The van der Waals surface area contributed by atoms with Crippen LogP contribution in [0, 0.1) is 0 Å². The van der Waals surface area contributed by atoms with E-state index < -0.39 is 0 Å². The number of benzene rings is 3. The van der Waals surface area contributed by atoms with Crippen LogP contribution in [0.3, 0.4) is 0 Å². The second-order valence-corrected chi connectivity index (χ2v) is 7.21. The highest BCUT2D eigenvalue weighted by molar-refractivity contribution is 7.00. The average molecular weight is 366 g/mol. The number of aromatic amines is 2. The Kier molecular flexibility index (Phi) is 3.01. The maximum atomic E-state index is 4.61. The molecule has 3 heterocycles. The molecule has 0 atom stereocenters. The van der Waals surface area contributed by atoms with E-state index in [9.17, 15) is 0 Å². The molecule has 6 aromatic rings. The summed E-state index contributed by atoms with van der Waals surface area (Å²) in [6, 6.07) is 21.4. The summed E-state index contributed by atoms with van der Waals surface area (Å²) in [7, 11) is 0. The van der Waals surface area contributed by atoms with E-state index in [0.717, 1.165) is 44.3 Å². The van der Waals surface area contributed by atoms with Crippen molar-refractivity contribution in [2.45, 2.75) is 0 Å². The summed E-state index contributed by atoms with van der Waals surface area (Å²) < 4.78 is 9.23. The molecule has 27 heavy (non-hydrogen) atoms. The van der Waals surface area contributed by atoms with E-state index in [0.29, 0.717) is 0 Å². The topological polar surface area (TPSA) is 57.4 Å². The highest BCUT2D eigenvalue weighted by Gasteiger charge is 2.14. The highest BCUT2D eigenvalue weighted by atomic mass is 32.1. The van der Waals surface area contributed by atoms with Crippen LogP contribution in [0.25, 0.3) is 55.1 Å². The van der Waals surface area contributed by atoms with Crippen LogP contribution in [0.1, 0.15) is 0 Å². The van der Waals surface area contributed by atoms with Crippen molar-refractivity contribution in [1.82, 2.24) is 18.7 Å². The summed E-state index contributed by atoms with van der Waals surface area (Å²) in [6.07, 6.45) is 3.93. The van der Waals surface area contributed by atoms with Crippen molar-refractivity contribution in [1.29, 1.82) is 0 Å². The van der Waals surface area contributed by atoms with E-state index in [1.165, 1.54) is 22.5 Å². The highest BCUT2D eigenvalue weighted by Crippen LogP contribution is 2.36. The van der Waals surface area contributed by atoms with E-state index in [1.807, 2.05) is 12.4 Å². The summed E-state index contributed by atoms with van der Waals surface area (Å²) in [5.41, 5.74) is 8.68. The molecule has 0 amide bonds. The molecule has 0 saturated heterocycles. The lowest BCUT2D eigenvalue weighted by Gasteiger charge is -2.08. The SMILES string of the molecule is c1cc2ccc(-c3ccc(-c4ccc5cc[nH]c5c4)c4nsnc34)cc2[nH]1. The van der Waals surface area contributed by atoms with Gasteiger partial charge in [0.15, 0.2) is 0 Å². The van der Waals surface area contributed by atoms with Gasteiger partial charge >= 0.3 is 0 Å². The fourth-order valence-electron chi connectivity index (χ4n) is 3.76. The molecule has 6 rings (SSSR count). The average Bonchev–Trinajstić information content (AvgIpc) is 3.45. The second kappa shape index (κ2) is 5.53. The van der Waals surface area contributed by atoms with Crippen LogP contribution >= 0.6 is 11.7 Å². The third-order valence-corrected chi connectivity index (χ3v) is 5.68. The molecular formula is C22H14N4S. The first-order valence-corrected chi connectivity index (χ1v) is 9.50. The number of fused-ring (bicyclic) bond motifs is 3. The molecule has 0 saturated carbocycles. The van der Waals surface area contributed by atoms with Crippen molar-refractivity contribution >= 4 is 44.6 Å². The van der Waals surface area contributed by atoms with E-state index in [4.69, 9.17) is 0 Å². The van der Waals surface area contributed by atoms with Gasteiger partial charge in [0.2, 0.25) is 0 Å². The smallest absolute Gasteiger partial charge is 0.113 e. The molecule has 2 N–H and O–H groups in total. The van der Waals surface area contributed by atoms with Gasteiger partial charge in [-0.3, -0.25) is 0 Å². The molecule has 0 aliphatic heterocycles. The number of hydrogen-bond acceptors (Lipinski definition) is 3. The van der Waals surface area contributed by atoms with Crippen molar-refractivity contribution in [3.05, 3.63) is 73.1 Å². The molecular weight excluding hydrogens is 352 g/mol. The Labute approximate surface area is 158 Å². The summed E-state index contributed by atoms with van der Waals surface area (Å²) in [4.78, 5) is 6.57. The largest absolute Gasteiger partial charge is 0.361 e. The van der Waals surface area contributed by atoms with Gasteiger partial charge in [0.1, 0.15) is 11.0 Å². The normalized spacial score (nSPS) is 11.7. The van der Waals surface area contributed by atoms with Gasteiger partial charge in [0.05, 0.1) is 11.7 Å². The Morgan fingerprint density at radius 2 is 1.11 bits per heavy atom. The third kappa shape index (κ3) is 2.22. The molecule has 0 unspecified atom stereocenters. The fraction of sp³-hybridized carbons (Fsp3) is 0. The van der Waals surface area contributed by atoms with Crippen molar-refractivity contribution in [3.63, 3.8) is 0 Å². The Hall–Kier alpha value is -3.44. The van der Waals surface area contributed by atoms with E-state index >= 15 is 0 Å². The first kappa shape index (κ1) is 14.7. The van der Waals surface area contributed by atoms with Gasteiger partial charge in [-0.15, -0.1) is 0 Å². The van der Waals surface area contributed by atoms with Crippen LogP contribution in [-0.2, 0) is 0 Å². The van der Waals surface area contributed by atoms with Gasteiger partial charge in [0.25, 0.3) is 0 Å². The first-order valence-electron chi connectivity index (χ1n) is 8.77. The van der Waals surface area contributed by atoms with Gasteiger partial charge in [-0.1, -0.05) is 36.4 Å². The lowest BCUT2D eigenvalue weighted by Crippen LogP contribution is -1.86. The van der Waals surface area contributed by atoms with Crippen LogP contribution in [-0.4, -0.2) is 18.7 Å². The molecule has 0 radical (unpaired) electrons. The minimum absolute atomic E-state index is 0.954. The summed E-state index contributed by atoms with van der Waals surface area (Å²) in [6.45, 7) is 0. The van der Waals surface area contributed by atoms with Crippen LogP contribution in [0.2, 0.25) is 0 Å². The first-order chi connectivity index (χ1) is 13.4. The van der Waals surface area contributed by atoms with Crippen molar-refractivity contribution in [3.8, 4) is 22.3 Å². The Bertz CT molecular complexity index is 1330. The number of H-pyrrole nitrogens is 2. The van der Waals surface area contributed by atoms with E-state index in [2.05, 4.69) is 79.4 Å². The van der Waals surface area contributed by atoms with Gasteiger partial charge in [0, 0.05) is 34.6 Å². The standard InChI is InChI=1S/C22H14N4S/c1-3-15(11-19-13(1)7-9-23-19)17-5-6-18(22-21(17)25-27-26-22)16-4-2-14-8-10-24-20(14)12-16/h1-12,23-24H.